The smallest absolute Gasteiger partial charge is 0.00966 e. The summed E-state index contributed by atoms with van der Waals surface area (Å²) in [5.74, 6) is 1.81. The Kier molecular flexibility index (Phi) is 1.50. The SMILES string of the molecule is NC1CCC2CN(C3CC3)CC12. The van der Waals surface area contributed by atoms with Gasteiger partial charge in [0.1, 0.15) is 0 Å². The topological polar surface area (TPSA) is 29.3 Å². The second-order valence-electron chi connectivity index (χ2n) is 4.85. The van der Waals surface area contributed by atoms with Gasteiger partial charge in [0.05, 0.1) is 0 Å². The molecule has 1 aliphatic heterocycles. The second-order valence-corrected chi connectivity index (χ2v) is 4.85. The molecule has 3 rings (SSSR count). The summed E-state index contributed by atoms with van der Waals surface area (Å²) < 4.78 is 0. The third-order valence-corrected chi connectivity index (χ3v) is 4.00. The lowest BCUT2D eigenvalue weighted by Gasteiger charge is -2.17. The zero-order valence-corrected chi connectivity index (χ0v) is 7.58. The molecule has 1 heterocycles. The van der Waals surface area contributed by atoms with E-state index < -0.39 is 0 Å². The van der Waals surface area contributed by atoms with Crippen molar-refractivity contribution in [3.63, 3.8) is 0 Å². The van der Waals surface area contributed by atoms with Crippen LogP contribution in [0.2, 0.25) is 0 Å². The summed E-state index contributed by atoms with van der Waals surface area (Å²) >= 11 is 0. The maximum Gasteiger partial charge on any atom is 0.00966 e. The van der Waals surface area contributed by atoms with Crippen molar-refractivity contribution in [2.75, 3.05) is 13.1 Å². The fourth-order valence-corrected chi connectivity index (χ4v) is 3.08. The molecule has 12 heavy (non-hydrogen) atoms. The van der Waals surface area contributed by atoms with Crippen LogP contribution in [-0.4, -0.2) is 30.1 Å². The minimum Gasteiger partial charge on any atom is -0.327 e. The van der Waals surface area contributed by atoms with E-state index in [-0.39, 0.29) is 0 Å². The maximum atomic E-state index is 6.08. The van der Waals surface area contributed by atoms with E-state index in [1.807, 2.05) is 0 Å². The van der Waals surface area contributed by atoms with Gasteiger partial charge in [-0.05, 0) is 37.5 Å². The Morgan fingerprint density at radius 2 is 1.83 bits per heavy atom. The highest BCUT2D eigenvalue weighted by Crippen LogP contribution is 2.41. The van der Waals surface area contributed by atoms with Crippen LogP contribution in [0.4, 0.5) is 0 Å². The van der Waals surface area contributed by atoms with Gasteiger partial charge in [0.25, 0.3) is 0 Å². The van der Waals surface area contributed by atoms with Crippen LogP contribution in [0.25, 0.3) is 0 Å². The van der Waals surface area contributed by atoms with E-state index in [1.165, 1.54) is 38.8 Å². The zero-order valence-electron chi connectivity index (χ0n) is 7.58. The summed E-state index contributed by atoms with van der Waals surface area (Å²) in [5.41, 5.74) is 6.08. The van der Waals surface area contributed by atoms with Crippen molar-refractivity contribution in [3.05, 3.63) is 0 Å². The molecule has 3 fully saturated rings. The summed E-state index contributed by atoms with van der Waals surface area (Å²) in [6, 6.07) is 1.49. The molecule has 3 unspecified atom stereocenters. The molecule has 1 saturated heterocycles. The Morgan fingerprint density at radius 1 is 1.00 bits per heavy atom. The largest absolute Gasteiger partial charge is 0.327 e. The number of fused-ring (bicyclic) bond motifs is 1. The van der Waals surface area contributed by atoms with Crippen molar-refractivity contribution in [1.29, 1.82) is 0 Å². The lowest BCUT2D eigenvalue weighted by Crippen LogP contribution is -2.31. The van der Waals surface area contributed by atoms with Crippen molar-refractivity contribution >= 4 is 0 Å². The van der Waals surface area contributed by atoms with Crippen molar-refractivity contribution in [1.82, 2.24) is 4.90 Å². The predicted octanol–water partition coefficient (Wildman–Crippen LogP) is 0.818. The highest BCUT2D eigenvalue weighted by molar-refractivity contribution is 4.99. The monoisotopic (exact) mass is 166 g/mol. The van der Waals surface area contributed by atoms with E-state index in [1.54, 1.807) is 0 Å². The second kappa shape index (κ2) is 2.46. The standard InChI is InChI=1S/C10H18N2/c11-10-4-1-7-5-12(6-9(7)10)8-2-3-8/h7-10H,1-6,11H2. The van der Waals surface area contributed by atoms with Gasteiger partial charge < -0.3 is 5.73 Å². The first-order valence-corrected chi connectivity index (χ1v) is 5.34. The number of hydrogen-bond donors (Lipinski definition) is 1. The highest BCUT2D eigenvalue weighted by atomic mass is 15.2. The third kappa shape index (κ3) is 1.01. The number of likely N-dealkylation sites (tertiary alicyclic amines) is 1. The van der Waals surface area contributed by atoms with E-state index >= 15 is 0 Å². The Balaban J connectivity index is 1.69. The van der Waals surface area contributed by atoms with Gasteiger partial charge in [0.2, 0.25) is 0 Å². The summed E-state index contributed by atoms with van der Waals surface area (Å²) in [6.07, 6.45) is 5.59. The molecule has 3 atom stereocenters. The van der Waals surface area contributed by atoms with Crippen molar-refractivity contribution in [2.24, 2.45) is 17.6 Å². The molecule has 2 aliphatic carbocycles. The number of hydrogen-bond acceptors (Lipinski definition) is 2. The number of nitrogens with zero attached hydrogens (tertiary/aromatic N) is 1. The van der Waals surface area contributed by atoms with Gasteiger partial charge in [0.15, 0.2) is 0 Å². The molecule has 0 amide bonds. The predicted molar refractivity (Wildman–Crippen MR) is 48.8 cm³/mol. The average Bonchev–Trinajstić information content (AvgIpc) is 2.73. The normalized spacial score (nSPS) is 48.2. The molecule has 2 nitrogen and oxygen atoms in total. The van der Waals surface area contributed by atoms with Crippen LogP contribution in [-0.2, 0) is 0 Å². The van der Waals surface area contributed by atoms with Crippen LogP contribution < -0.4 is 5.73 Å². The fourth-order valence-electron chi connectivity index (χ4n) is 3.08. The first-order valence-electron chi connectivity index (χ1n) is 5.34. The molecule has 2 N–H and O–H groups in total. The highest BCUT2D eigenvalue weighted by Gasteiger charge is 2.44. The van der Waals surface area contributed by atoms with E-state index in [9.17, 15) is 0 Å². The lowest BCUT2D eigenvalue weighted by atomic mass is 9.98. The van der Waals surface area contributed by atoms with E-state index in [4.69, 9.17) is 5.73 Å². The molecule has 2 heteroatoms. The Morgan fingerprint density at radius 3 is 2.50 bits per heavy atom. The Labute approximate surface area is 74.1 Å². The van der Waals surface area contributed by atoms with Crippen molar-refractivity contribution in [3.8, 4) is 0 Å². The summed E-state index contributed by atoms with van der Waals surface area (Å²) in [5, 5.41) is 0. The Hall–Kier alpha value is -0.0800. The van der Waals surface area contributed by atoms with Crippen LogP contribution in [0.15, 0.2) is 0 Å². The first-order chi connectivity index (χ1) is 5.84. The maximum absolute atomic E-state index is 6.08. The fraction of sp³-hybridized carbons (Fsp3) is 1.00. The van der Waals surface area contributed by atoms with Gasteiger partial charge in [-0.3, -0.25) is 4.90 Å². The molecule has 68 valence electrons. The van der Waals surface area contributed by atoms with E-state index in [0.29, 0.717) is 6.04 Å². The molecule has 0 aromatic heterocycles. The first kappa shape index (κ1) is 7.34. The summed E-state index contributed by atoms with van der Waals surface area (Å²) in [6.45, 7) is 2.68. The van der Waals surface area contributed by atoms with Gasteiger partial charge in [-0.15, -0.1) is 0 Å². The van der Waals surface area contributed by atoms with E-state index in [2.05, 4.69) is 4.90 Å². The van der Waals surface area contributed by atoms with Crippen molar-refractivity contribution in [2.45, 2.75) is 37.8 Å². The van der Waals surface area contributed by atoms with Crippen LogP contribution in [0.5, 0.6) is 0 Å². The van der Waals surface area contributed by atoms with Crippen LogP contribution in [0, 0.1) is 11.8 Å². The molecule has 0 radical (unpaired) electrons. The summed E-state index contributed by atoms with van der Waals surface area (Å²) in [7, 11) is 0. The van der Waals surface area contributed by atoms with Crippen LogP contribution in [0.3, 0.4) is 0 Å². The molecule has 0 bridgehead atoms. The molecule has 0 spiro atoms. The summed E-state index contributed by atoms with van der Waals surface area (Å²) in [4.78, 5) is 2.69. The minimum absolute atomic E-state index is 0.527. The molecule has 2 saturated carbocycles. The molecular weight excluding hydrogens is 148 g/mol. The Bertz CT molecular complexity index is 188. The van der Waals surface area contributed by atoms with Crippen LogP contribution >= 0.6 is 0 Å². The van der Waals surface area contributed by atoms with Gasteiger partial charge >= 0.3 is 0 Å². The van der Waals surface area contributed by atoms with Crippen LogP contribution in [0.1, 0.15) is 25.7 Å². The molecule has 0 aromatic carbocycles. The minimum atomic E-state index is 0.527. The van der Waals surface area contributed by atoms with Gasteiger partial charge in [0, 0.05) is 25.2 Å². The van der Waals surface area contributed by atoms with Gasteiger partial charge in [-0.1, -0.05) is 0 Å². The van der Waals surface area contributed by atoms with Crippen molar-refractivity contribution < 1.29 is 0 Å². The van der Waals surface area contributed by atoms with Gasteiger partial charge in [-0.25, -0.2) is 0 Å². The number of nitrogens with two attached hydrogens (primary N) is 1. The molecule has 3 aliphatic rings. The average molecular weight is 166 g/mol. The van der Waals surface area contributed by atoms with E-state index in [0.717, 1.165) is 17.9 Å². The quantitative estimate of drug-likeness (QED) is 0.625. The lowest BCUT2D eigenvalue weighted by molar-refractivity contribution is 0.296. The third-order valence-electron chi connectivity index (χ3n) is 4.00. The van der Waals surface area contributed by atoms with Gasteiger partial charge in [-0.2, -0.15) is 0 Å². The number of rotatable bonds is 1. The molecular formula is C10H18N2. The molecule has 0 aromatic rings. The zero-order chi connectivity index (χ0) is 8.13.